The fourth-order valence-corrected chi connectivity index (χ4v) is 3.45. The minimum absolute atomic E-state index is 0. The normalized spacial score (nSPS) is 19.1. The second kappa shape index (κ2) is 9.52. The molecule has 0 atom stereocenters. The Labute approximate surface area is 185 Å². The van der Waals surface area contributed by atoms with E-state index in [9.17, 15) is 0 Å². The van der Waals surface area contributed by atoms with Crippen LogP contribution in [-0.4, -0.2) is 57.5 Å². The Bertz CT molecular complexity index is 689. The SMILES string of the molecule is CCNC(=NCC1(c2ccc3c(c2)OCO3)CC1)N(C)CCOCC1CC1.I. The number of hydrogen-bond donors (Lipinski definition) is 1. The highest BCUT2D eigenvalue weighted by molar-refractivity contribution is 14.0. The Morgan fingerprint density at radius 3 is 2.79 bits per heavy atom. The van der Waals surface area contributed by atoms with E-state index in [1.54, 1.807) is 0 Å². The largest absolute Gasteiger partial charge is 0.454 e. The van der Waals surface area contributed by atoms with Crippen molar-refractivity contribution in [3.05, 3.63) is 23.8 Å². The minimum atomic E-state index is 0. The lowest BCUT2D eigenvalue weighted by atomic mass is 9.96. The monoisotopic (exact) mass is 501 g/mol. The molecule has 3 aliphatic rings. The van der Waals surface area contributed by atoms with Gasteiger partial charge in [-0.05, 0) is 56.2 Å². The predicted molar refractivity (Wildman–Crippen MR) is 121 cm³/mol. The third-order valence-electron chi connectivity index (χ3n) is 5.69. The molecule has 0 aromatic heterocycles. The number of benzene rings is 1. The van der Waals surface area contributed by atoms with E-state index in [0.717, 1.165) is 56.2 Å². The molecular formula is C21H32IN3O3. The van der Waals surface area contributed by atoms with Crippen LogP contribution in [-0.2, 0) is 10.2 Å². The molecule has 0 bridgehead atoms. The maximum absolute atomic E-state index is 5.78. The minimum Gasteiger partial charge on any atom is -0.454 e. The number of nitrogens with zero attached hydrogens (tertiary/aromatic N) is 2. The van der Waals surface area contributed by atoms with Crippen LogP contribution in [0.2, 0.25) is 0 Å². The van der Waals surface area contributed by atoms with Crippen LogP contribution in [0.5, 0.6) is 11.5 Å². The lowest BCUT2D eigenvalue weighted by Crippen LogP contribution is -2.41. The van der Waals surface area contributed by atoms with Crippen LogP contribution in [0, 0.1) is 5.92 Å². The zero-order chi connectivity index (χ0) is 18.7. The number of guanidine groups is 1. The molecule has 156 valence electrons. The van der Waals surface area contributed by atoms with Crippen LogP contribution in [0.15, 0.2) is 23.2 Å². The molecule has 2 aliphatic carbocycles. The van der Waals surface area contributed by atoms with E-state index >= 15 is 0 Å². The smallest absolute Gasteiger partial charge is 0.231 e. The van der Waals surface area contributed by atoms with Gasteiger partial charge >= 0.3 is 0 Å². The van der Waals surface area contributed by atoms with Gasteiger partial charge in [0.15, 0.2) is 17.5 Å². The highest BCUT2D eigenvalue weighted by Crippen LogP contribution is 2.50. The average molecular weight is 501 g/mol. The summed E-state index contributed by atoms with van der Waals surface area (Å²) in [7, 11) is 2.09. The number of hydrogen-bond acceptors (Lipinski definition) is 4. The van der Waals surface area contributed by atoms with E-state index in [1.165, 1.54) is 31.2 Å². The third-order valence-corrected chi connectivity index (χ3v) is 5.69. The molecule has 0 radical (unpaired) electrons. The number of fused-ring (bicyclic) bond motifs is 1. The van der Waals surface area contributed by atoms with Gasteiger partial charge in [0.05, 0.1) is 13.2 Å². The van der Waals surface area contributed by atoms with Crippen LogP contribution in [0.1, 0.15) is 38.2 Å². The van der Waals surface area contributed by atoms with Gasteiger partial charge < -0.3 is 24.4 Å². The quantitative estimate of drug-likeness (QED) is 0.244. The van der Waals surface area contributed by atoms with Crippen LogP contribution in [0.4, 0.5) is 0 Å². The Balaban J connectivity index is 0.00000225. The first-order chi connectivity index (χ1) is 13.2. The third kappa shape index (κ3) is 5.23. The van der Waals surface area contributed by atoms with Crippen molar-refractivity contribution in [2.24, 2.45) is 10.9 Å². The maximum Gasteiger partial charge on any atom is 0.231 e. The van der Waals surface area contributed by atoms with Gasteiger partial charge in [-0.1, -0.05) is 6.07 Å². The fraction of sp³-hybridized carbons (Fsp3) is 0.667. The lowest BCUT2D eigenvalue weighted by Gasteiger charge is -2.23. The number of halogens is 1. The summed E-state index contributed by atoms with van der Waals surface area (Å²) < 4.78 is 16.8. The molecule has 1 N–H and O–H groups in total. The highest BCUT2D eigenvalue weighted by atomic mass is 127. The summed E-state index contributed by atoms with van der Waals surface area (Å²) in [6.07, 6.45) is 5.01. The molecule has 0 amide bonds. The van der Waals surface area contributed by atoms with Crippen LogP contribution in [0.3, 0.4) is 0 Å². The number of nitrogens with one attached hydrogen (secondary N) is 1. The Morgan fingerprint density at radius 2 is 2.07 bits per heavy atom. The maximum atomic E-state index is 5.78. The first kappa shape index (κ1) is 21.5. The standard InChI is InChI=1S/C21H31N3O3.HI/c1-3-22-20(24(2)10-11-25-13-16-4-5-16)23-14-21(8-9-21)17-6-7-18-19(12-17)27-15-26-18;/h6-7,12,16H,3-5,8-11,13-15H2,1-2H3,(H,22,23);1H. The van der Waals surface area contributed by atoms with Crippen molar-refractivity contribution in [1.29, 1.82) is 0 Å². The van der Waals surface area contributed by atoms with E-state index in [0.29, 0.717) is 6.79 Å². The van der Waals surface area contributed by atoms with E-state index in [-0.39, 0.29) is 29.4 Å². The molecule has 28 heavy (non-hydrogen) atoms. The molecule has 4 rings (SSSR count). The summed E-state index contributed by atoms with van der Waals surface area (Å²) in [5, 5.41) is 3.41. The summed E-state index contributed by atoms with van der Waals surface area (Å²) in [5.74, 6) is 3.48. The van der Waals surface area contributed by atoms with Crippen LogP contribution >= 0.6 is 24.0 Å². The second-order valence-corrected chi connectivity index (χ2v) is 7.96. The van der Waals surface area contributed by atoms with Crippen molar-refractivity contribution in [3.63, 3.8) is 0 Å². The summed E-state index contributed by atoms with van der Waals surface area (Å²) >= 11 is 0. The van der Waals surface area contributed by atoms with Gasteiger partial charge in [-0.3, -0.25) is 4.99 Å². The molecule has 7 heteroatoms. The lowest BCUT2D eigenvalue weighted by molar-refractivity contribution is 0.115. The Hall–Kier alpha value is -1.22. The van der Waals surface area contributed by atoms with Crippen molar-refractivity contribution in [2.45, 2.75) is 38.0 Å². The second-order valence-electron chi connectivity index (χ2n) is 7.96. The van der Waals surface area contributed by atoms with E-state index in [4.69, 9.17) is 19.2 Å². The van der Waals surface area contributed by atoms with Crippen molar-refractivity contribution in [2.75, 3.05) is 46.7 Å². The number of likely N-dealkylation sites (N-methyl/N-ethyl adjacent to an activating group) is 1. The first-order valence-corrected chi connectivity index (χ1v) is 10.2. The van der Waals surface area contributed by atoms with Gasteiger partial charge in [0.2, 0.25) is 6.79 Å². The molecule has 2 fully saturated rings. The zero-order valence-electron chi connectivity index (χ0n) is 16.9. The predicted octanol–water partition coefficient (Wildman–Crippen LogP) is 3.39. The summed E-state index contributed by atoms with van der Waals surface area (Å²) in [6.45, 7) is 6.61. The van der Waals surface area contributed by atoms with E-state index in [1.807, 2.05) is 6.07 Å². The van der Waals surface area contributed by atoms with Crippen LogP contribution < -0.4 is 14.8 Å². The molecule has 0 unspecified atom stereocenters. The fourth-order valence-electron chi connectivity index (χ4n) is 3.45. The van der Waals surface area contributed by atoms with E-state index < -0.39 is 0 Å². The van der Waals surface area contributed by atoms with Crippen molar-refractivity contribution in [3.8, 4) is 11.5 Å². The summed E-state index contributed by atoms with van der Waals surface area (Å²) in [5.41, 5.74) is 1.45. The average Bonchev–Trinajstić information content (AvgIpc) is 3.60. The molecule has 1 heterocycles. The highest BCUT2D eigenvalue weighted by Gasteiger charge is 2.44. The molecule has 6 nitrogen and oxygen atoms in total. The number of rotatable bonds is 9. The summed E-state index contributed by atoms with van der Waals surface area (Å²) in [4.78, 5) is 7.12. The van der Waals surface area contributed by atoms with Gasteiger partial charge in [0, 0.05) is 32.2 Å². The van der Waals surface area contributed by atoms with Gasteiger partial charge in [-0.25, -0.2) is 0 Å². The Morgan fingerprint density at radius 1 is 1.29 bits per heavy atom. The molecule has 0 spiro atoms. The van der Waals surface area contributed by atoms with Gasteiger partial charge in [-0.2, -0.15) is 0 Å². The zero-order valence-corrected chi connectivity index (χ0v) is 19.2. The van der Waals surface area contributed by atoms with E-state index in [2.05, 4.69) is 36.3 Å². The van der Waals surface area contributed by atoms with Gasteiger partial charge in [0.25, 0.3) is 0 Å². The first-order valence-electron chi connectivity index (χ1n) is 10.2. The molecule has 1 aromatic carbocycles. The molecule has 2 saturated carbocycles. The van der Waals surface area contributed by atoms with Crippen molar-refractivity contribution in [1.82, 2.24) is 10.2 Å². The van der Waals surface area contributed by atoms with Gasteiger partial charge in [0.1, 0.15) is 0 Å². The van der Waals surface area contributed by atoms with Crippen molar-refractivity contribution >= 4 is 29.9 Å². The van der Waals surface area contributed by atoms with Crippen molar-refractivity contribution < 1.29 is 14.2 Å². The summed E-state index contributed by atoms with van der Waals surface area (Å²) in [6, 6.07) is 6.32. The topological polar surface area (TPSA) is 55.3 Å². The molecule has 1 aliphatic heterocycles. The van der Waals surface area contributed by atoms with Gasteiger partial charge in [-0.15, -0.1) is 24.0 Å². The molecule has 0 saturated heterocycles. The number of aliphatic imine (C=N–C) groups is 1. The number of ether oxygens (including phenoxy) is 3. The molecular weight excluding hydrogens is 469 g/mol. The van der Waals surface area contributed by atoms with Crippen LogP contribution in [0.25, 0.3) is 0 Å². The molecule has 1 aromatic rings. The Kier molecular flexibility index (Phi) is 7.31.